The van der Waals surface area contributed by atoms with Gasteiger partial charge in [0, 0.05) is 48.8 Å². The third-order valence-corrected chi connectivity index (χ3v) is 4.80. The smallest absolute Gasteiger partial charge is 0.185 e. The molecule has 0 saturated carbocycles. The Labute approximate surface area is 136 Å². The van der Waals surface area contributed by atoms with E-state index in [0.29, 0.717) is 12.1 Å². The van der Waals surface area contributed by atoms with Gasteiger partial charge in [-0.1, -0.05) is 0 Å². The lowest BCUT2D eigenvalue weighted by molar-refractivity contribution is 0.701. The van der Waals surface area contributed by atoms with Gasteiger partial charge in [-0.25, -0.2) is 9.97 Å². The molecule has 0 fully saturated rings. The van der Waals surface area contributed by atoms with Crippen molar-refractivity contribution in [3.8, 4) is 0 Å². The van der Waals surface area contributed by atoms with Crippen LogP contribution in [0, 0.1) is 0 Å². The minimum Gasteiger partial charge on any atom is -0.349 e. The molecular weight excluding hydrogens is 300 g/mol. The molecule has 21 heavy (non-hydrogen) atoms. The molecule has 0 aliphatic carbocycles. The van der Waals surface area contributed by atoms with Crippen molar-refractivity contribution in [2.75, 3.05) is 23.4 Å². The Morgan fingerprint density at radius 1 is 0.952 bits per heavy atom. The molecule has 4 nitrogen and oxygen atoms in total. The van der Waals surface area contributed by atoms with Gasteiger partial charge in [-0.05, 0) is 34.6 Å². The molecule has 0 amide bonds. The fourth-order valence-corrected chi connectivity index (χ4v) is 3.27. The van der Waals surface area contributed by atoms with Crippen LogP contribution in [-0.4, -0.2) is 35.6 Å². The summed E-state index contributed by atoms with van der Waals surface area (Å²) in [7, 11) is 2.06. The molecular formula is C15H26N4S2. The molecule has 0 aliphatic rings. The van der Waals surface area contributed by atoms with E-state index in [1.807, 2.05) is 23.2 Å². The summed E-state index contributed by atoms with van der Waals surface area (Å²) >= 11 is 3.37. The van der Waals surface area contributed by atoms with Crippen LogP contribution in [0.1, 0.15) is 34.6 Å². The van der Waals surface area contributed by atoms with Gasteiger partial charge in [-0.2, -0.15) is 0 Å². The molecule has 2 rings (SSSR count). The van der Waals surface area contributed by atoms with E-state index in [4.69, 9.17) is 0 Å². The first-order valence-electron chi connectivity index (χ1n) is 7.25. The van der Waals surface area contributed by atoms with E-state index in [0.717, 1.165) is 16.8 Å². The van der Waals surface area contributed by atoms with Crippen LogP contribution >= 0.6 is 22.7 Å². The topological polar surface area (TPSA) is 32.3 Å². The Kier molecular flexibility index (Phi) is 7.67. The number of rotatable bonds is 5. The van der Waals surface area contributed by atoms with Crippen molar-refractivity contribution < 1.29 is 0 Å². The Morgan fingerprint density at radius 3 is 1.81 bits per heavy atom. The summed E-state index contributed by atoms with van der Waals surface area (Å²) in [6, 6.07) is 1.08. The zero-order valence-corrected chi connectivity index (χ0v) is 15.4. The zero-order valence-electron chi connectivity index (χ0n) is 13.8. The van der Waals surface area contributed by atoms with Crippen molar-refractivity contribution in [1.29, 1.82) is 0 Å². The molecule has 0 atom stereocenters. The van der Waals surface area contributed by atoms with E-state index in [-0.39, 0.29) is 0 Å². The number of hydrogen-bond donors (Lipinski definition) is 0. The molecule has 0 spiro atoms. The Balaban J connectivity index is 0.000000211. The van der Waals surface area contributed by atoms with E-state index in [2.05, 4.69) is 61.4 Å². The summed E-state index contributed by atoms with van der Waals surface area (Å²) in [5, 5.41) is 6.23. The SMILES string of the molecule is CC(C)N(C)c1nccs1.CCN(c1nccs1)C(C)C. The molecule has 118 valence electrons. The van der Waals surface area contributed by atoms with Crippen molar-refractivity contribution >= 4 is 32.9 Å². The second-order valence-electron chi connectivity index (χ2n) is 5.21. The van der Waals surface area contributed by atoms with E-state index in [1.165, 1.54) is 0 Å². The standard InChI is InChI=1S/C8H14N2S.C7H12N2S/c1-4-10(7(2)3)8-9-5-6-11-8;1-6(2)9(3)7-8-4-5-10-7/h5-7H,4H2,1-3H3;4-6H,1-3H3. The van der Waals surface area contributed by atoms with Gasteiger partial charge >= 0.3 is 0 Å². The lowest BCUT2D eigenvalue weighted by Crippen LogP contribution is -2.29. The maximum Gasteiger partial charge on any atom is 0.185 e. The van der Waals surface area contributed by atoms with E-state index in [1.54, 1.807) is 22.7 Å². The average Bonchev–Trinajstić information content (AvgIpc) is 3.12. The molecule has 2 aromatic rings. The quantitative estimate of drug-likeness (QED) is 0.817. The maximum absolute atomic E-state index is 4.25. The largest absolute Gasteiger partial charge is 0.349 e. The van der Waals surface area contributed by atoms with Crippen LogP contribution in [0.5, 0.6) is 0 Å². The van der Waals surface area contributed by atoms with Gasteiger partial charge in [0.25, 0.3) is 0 Å². The van der Waals surface area contributed by atoms with Crippen LogP contribution in [-0.2, 0) is 0 Å². The van der Waals surface area contributed by atoms with Crippen LogP contribution in [0.25, 0.3) is 0 Å². The van der Waals surface area contributed by atoms with Crippen LogP contribution in [0.4, 0.5) is 10.3 Å². The molecule has 0 unspecified atom stereocenters. The van der Waals surface area contributed by atoms with E-state index in [9.17, 15) is 0 Å². The number of hydrogen-bond acceptors (Lipinski definition) is 6. The lowest BCUT2D eigenvalue weighted by atomic mass is 10.3. The molecule has 0 saturated heterocycles. The van der Waals surface area contributed by atoms with Gasteiger partial charge in [0.05, 0.1) is 0 Å². The highest BCUT2D eigenvalue weighted by atomic mass is 32.1. The minimum atomic E-state index is 0.533. The number of aromatic nitrogens is 2. The van der Waals surface area contributed by atoms with Crippen molar-refractivity contribution in [3.63, 3.8) is 0 Å². The summed E-state index contributed by atoms with van der Waals surface area (Å²) in [6.45, 7) is 11.9. The Morgan fingerprint density at radius 2 is 1.48 bits per heavy atom. The van der Waals surface area contributed by atoms with E-state index < -0.39 is 0 Å². The van der Waals surface area contributed by atoms with Gasteiger partial charge in [0.2, 0.25) is 0 Å². The van der Waals surface area contributed by atoms with Crippen LogP contribution < -0.4 is 9.80 Å². The van der Waals surface area contributed by atoms with Gasteiger partial charge in [0.1, 0.15) is 0 Å². The fraction of sp³-hybridized carbons (Fsp3) is 0.600. The summed E-state index contributed by atoms with van der Waals surface area (Å²) < 4.78 is 0. The van der Waals surface area contributed by atoms with Crippen molar-refractivity contribution in [3.05, 3.63) is 23.2 Å². The number of nitrogens with zero attached hydrogens (tertiary/aromatic N) is 4. The van der Waals surface area contributed by atoms with Gasteiger partial charge in [-0.15, -0.1) is 22.7 Å². The van der Waals surface area contributed by atoms with Crippen LogP contribution in [0.3, 0.4) is 0 Å². The minimum absolute atomic E-state index is 0.533. The normalized spacial score (nSPS) is 10.5. The molecule has 6 heteroatoms. The van der Waals surface area contributed by atoms with Gasteiger partial charge in [-0.3, -0.25) is 0 Å². The summed E-state index contributed by atoms with van der Waals surface area (Å²) in [6.07, 6.45) is 3.68. The van der Waals surface area contributed by atoms with Crippen molar-refractivity contribution in [1.82, 2.24) is 9.97 Å². The molecule has 0 N–H and O–H groups in total. The van der Waals surface area contributed by atoms with Crippen molar-refractivity contribution in [2.45, 2.75) is 46.7 Å². The van der Waals surface area contributed by atoms with Gasteiger partial charge in [0.15, 0.2) is 10.3 Å². The highest BCUT2D eigenvalue weighted by Gasteiger charge is 2.09. The van der Waals surface area contributed by atoms with Crippen molar-refractivity contribution in [2.24, 2.45) is 0 Å². The predicted molar refractivity (Wildman–Crippen MR) is 95.9 cm³/mol. The summed E-state index contributed by atoms with van der Waals surface area (Å²) in [5.74, 6) is 0. The first-order chi connectivity index (χ1) is 9.97. The number of anilines is 2. The summed E-state index contributed by atoms with van der Waals surface area (Å²) in [5.41, 5.74) is 0. The molecule has 0 bridgehead atoms. The second kappa shape index (κ2) is 9.00. The first-order valence-corrected chi connectivity index (χ1v) is 9.01. The molecule has 0 aromatic carbocycles. The highest BCUT2D eigenvalue weighted by Crippen LogP contribution is 2.19. The highest BCUT2D eigenvalue weighted by molar-refractivity contribution is 7.13. The molecule has 2 aromatic heterocycles. The van der Waals surface area contributed by atoms with E-state index >= 15 is 0 Å². The lowest BCUT2D eigenvalue weighted by Gasteiger charge is -2.23. The van der Waals surface area contributed by atoms with Crippen LogP contribution in [0.2, 0.25) is 0 Å². The second-order valence-corrected chi connectivity index (χ2v) is 6.96. The number of thiazole rings is 2. The molecule has 0 radical (unpaired) electrons. The first kappa shape index (κ1) is 17.9. The third-order valence-electron chi connectivity index (χ3n) is 3.12. The fourth-order valence-electron chi connectivity index (χ4n) is 1.69. The van der Waals surface area contributed by atoms with Crippen LogP contribution in [0.15, 0.2) is 23.2 Å². The molecule has 0 aliphatic heterocycles. The summed E-state index contributed by atoms with van der Waals surface area (Å²) in [4.78, 5) is 12.9. The Hall–Kier alpha value is -1.14. The zero-order chi connectivity index (χ0) is 15.8. The average molecular weight is 327 g/mol. The maximum atomic E-state index is 4.25. The third kappa shape index (κ3) is 5.63. The predicted octanol–water partition coefficient (Wildman–Crippen LogP) is 4.37. The Bertz CT molecular complexity index is 466. The monoisotopic (exact) mass is 326 g/mol. The molecule has 2 heterocycles. The van der Waals surface area contributed by atoms with Gasteiger partial charge < -0.3 is 9.80 Å².